The van der Waals surface area contributed by atoms with Gasteiger partial charge in [-0.1, -0.05) is 24.3 Å². The lowest BCUT2D eigenvalue weighted by atomic mass is 10.0. The van der Waals surface area contributed by atoms with Gasteiger partial charge < -0.3 is 5.32 Å². The first-order chi connectivity index (χ1) is 12.8. The number of halogens is 2. The average Bonchev–Trinajstić information content (AvgIpc) is 3.13. The minimum atomic E-state index is -0.995. The summed E-state index contributed by atoms with van der Waals surface area (Å²) in [4.78, 5) is 12.7. The number of nitrogens with zero attached hydrogens (tertiary/aromatic N) is 2. The molecule has 0 aliphatic heterocycles. The van der Waals surface area contributed by atoms with Gasteiger partial charge >= 0.3 is 0 Å². The number of aryl methyl sites for hydroxylation is 1. The molecule has 2 aromatic carbocycles. The van der Waals surface area contributed by atoms with Gasteiger partial charge in [-0.2, -0.15) is 5.10 Å². The SMILES string of the molecule is Cc1ccccc1-c1cnn(C(C)(C)C(=O)NCc2cc(F)ccc2F)c1. The van der Waals surface area contributed by atoms with Crippen LogP contribution in [0.3, 0.4) is 0 Å². The molecule has 0 radical (unpaired) electrons. The van der Waals surface area contributed by atoms with Crippen LogP contribution in [0.5, 0.6) is 0 Å². The second-order valence-corrected chi connectivity index (χ2v) is 6.97. The first-order valence-corrected chi connectivity index (χ1v) is 8.62. The van der Waals surface area contributed by atoms with E-state index in [9.17, 15) is 13.6 Å². The predicted molar refractivity (Wildman–Crippen MR) is 99.9 cm³/mol. The summed E-state index contributed by atoms with van der Waals surface area (Å²) in [6, 6.07) is 11.1. The van der Waals surface area contributed by atoms with E-state index in [1.807, 2.05) is 37.4 Å². The number of carbonyl (C=O) groups is 1. The molecule has 0 fully saturated rings. The van der Waals surface area contributed by atoms with Crippen molar-refractivity contribution < 1.29 is 13.6 Å². The van der Waals surface area contributed by atoms with Crippen LogP contribution in [0.2, 0.25) is 0 Å². The number of carbonyl (C=O) groups excluding carboxylic acids is 1. The molecule has 0 saturated carbocycles. The molecule has 27 heavy (non-hydrogen) atoms. The van der Waals surface area contributed by atoms with Gasteiger partial charge in [0.1, 0.15) is 17.2 Å². The number of rotatable bonds is 5. The summed E-state index contributed by atoms with van der Waals surface area (Å²) in [6.45, 7) is 5.35. The van der Waals surface area contributed by atoms with Gasteiger partial charge in [0.05, 0.1) is 6.20 Å². The molecule has 1 N–H and O–H groups in total. The zero-order valence-corrected chi connectivity index (χ0v) is 15.5. The van der Waals surface area contributed by atoms with Crippen molar-refractivity contribution in [2.24, 2.45) is 0 Å². The monoisotopic (exact) mass is 369 g/mol. The van der Waals surface area contributed by atoms with E-state index in [1.165, 1.54) is 0 Å². The number of hydrogen-bond acceptors (Lipinski definition) is 2. The van der Waals surface area contributed by atoms with Crippen LogP contribution in [-0.2, 0) is 16.9 Å². The van der Waals surface area contributed by atoms with E-state index < -0.39 is 17.2 Å². The van der Waals surface area contributed by atoms with Crippen molar-refractivity contribution in [2.75, 3.05) is 0 Å². The summed E-state index contributed by atoms with van der Waals surface area (Å²) in [5, 5.41) is 6.99. The fraction of sp³-hybridized carbons (Fsp3) is 0.238. The molecule has 0 atom stereocenters. The second kappa shape index (κ2) is 7.31. The predicted octanol–water partition coefficient (Wildman–Crippen LogP) is 4.19. The Bertz CT molecular complexity index is 979. The summed E-state index contributed by atoms with van der Waals surface area (Å²) in [5.41, 5.74) is 2.16. The fourth-order valence-corrected chi connectivity index (χ4v) is 2.84. The highest BCUT2D eigenvalue weighted by molar-refractivity contribution is 5.83. The summed E-state index contributed by atoms with van der Waals surface area (Å²) in [7, 11) is 0. The number of hydrogen-bond donors (Lipinski definition) is 1. The third kappa shape index (κ3) is 3.89. The van der Waals surface area contributed by atoms with Crippen molar-refractivity contribution >= 4 is 5.91 Å². The van der Waals surface area contributed by atoms with Crippen molar-refractivity contribution in [2.45, 2.75) is 32.9 Å². The molecule has 1 amide bonds. The zero-order chi connectivity index (χ0) is 19.6. The third-order valence-corrected chi connectivity index (χ3v) is 4.61. The lowest BCUT2D eigenvalue weighted by Gasteiger charge is -2.24. The Morgan fingerprint density at radius 3 is 2.67 bits per heavy atom. The van der Waals surface area contributed by atoms with Gasteiger partial charge in [-0.25, -0.2) is 8.78 Å². The van der Waals surface area contributed by atoms with Gasteiger partial charge in [-0.05, 0) is 50.1 Å². The van der Waals surface area contributed by atoms with E-state index >= 15 is 0 Å². The highest BCUT2D eigenvalue weighted by Crippen LogP contribution is 2.25. The maximum Gasteiger partial charge on any atom is 0.247 e. The number of aromatic nitrogens is 2. The molecule has 0 unspecified atom stereocenters. The van der Waals surface area contributed by atoms with Crippen LogP contribution in [-0.4, -0.2) is 15.7 Å². The molecule has 0 aliphatic carbocycles. The van der Waals surface area contributed by atoms with Gasteiger partial charge in [0.15, 0.2) is 0 Å². The Hall–Kier alpha value is -3.02. The van der Waals surface area contributed by atoms with Crippen molar-refractivity contribution in [1.29, 1.82) is 0 Å². The summed E-state index contributed by atoms with van der Waals surface area (Å²) < 4.78 is 28.6. The van der Waals surface area contributed by atoms with E-state index in [2.05, 4.69) is 10.4 Å². The minimum absolute atomic E-state index is 0.0974. The summed E-state index contributed by atoms with van der Waals surface area (Å²) in [6.07, 6.45) is 3.52. The second-order valence-electron chi connectivity index (χ2n) is 6.97. The van der Waals surface area contributed by atoms with Crippen LogP contribution < -0.4 is 5.32 Å². The Labute approximate surface area is 156 Å². The van der Waals surface area contributed by atoms with Gasteiger partial charge in [-0.15, -0.1) is 0 Å². The Kier molecular flexibility index (Phi) is 5.08. The maximum atomic E-state index is 13.7. The first-order valence-electron chi connectivity index (χ1n) is 8.62. The van der Waals surface area contributed by atoms with Crippen molar-refractivity contribution in [3.05, 3.63) is 77.6 Å². The van der Waals surface area contributed by atoms with Gasteiger partial charge in [0.2, 0.25) is 5.91 Å². The van der Waals surface area contributed by atoms with E-state index in [4.69, 9.17) is 0 Å². The van der Waals surface area contributed by atoms with Gasteiger partial charge in [0.25, 0.3) is 0 Å². The zero-order valence-electron chi connectivity index (χ0n) is 15.5. The first kappa shape index (κ1) is 18.8. The molecule has 140 valence electrons. The molecule has 0 saturated heterocycles. The van der Waals surface area contributed by atoms with Crippen LogP contribution in [0.25, 0.3) is 11.1 Å². The lowest BCUT2D eigenvalue weighted by molar-refractivity contribution is -0.129. The topological polar surface area (TPSA) is 46.9 Å². The Balaban J connectivity index is 1.77. The van der Waals surface area contributed by atoms with E-state index in [1.54, 1.807) is 24.7 Å². The molecule has 3 aromatic rings. The number of nitrogens with one attached hydrogen (secondary N) is 1. The molecule has 1 heterocycles. The van der Waals surface area contributed by atoms with E-state index in [0.29, 0.717) is 0 Å². The molecule has 6 heteroatoms. The third-order valence-electron chi connectivity index (χ3n) is 4.61. The molecule has 0 aliphatic rings. The molecule has 3 rings (SSSR count). The van der Waals surface area contributed by atoms with Crippen LogP contribution >= 0.6 is 0 Å². The van der Waals surface area contributed by atoms with Crippen LogP contribution in [0, 0.1) is 18.6 Å². The summed E-state index contributed by atoms with van der Waals surface area (Å²) >= 11 is 0. The highest BCUT2D eigenvalue weighted by atomic mass is 19.1. The standard InChI is InChI=1S/C21H21F2N3O/c1-14-6-4-5-7-18(14)16-12-25-26(13-16)21(2,3)20(27)24-11-15-10-17(22)8-9-19(15)23/h4-10,12-13H,11H2,1-3H3,(H,24,27). The molecule has 1 aromatic heterocycles. The van der Waals surface area contributed by atoms with Crippen LogP contribution in [0.1, 0.15) is 25.0 Å². The largest absolute Gasteiger partial charge is 0.350 e. The molecular formula is C21H21F2N3O. The normalized spacial score (nSPS) is 11.4. The smallest absolute Gasteiger partial charge is 0.247 e. The van der Waals surface area contributed by atoms with Crippen LogP contribution in [0.15, 0.2) is 54.9 Å². The Morgan fingerprint density at radius 1 is 1.19 bits per heavy atom. The molecular weight excluding hydrogens is 348 g/mol. The number of benzene rings is 2. The van der Waals surface area contributed by atoms with Gasteiger partial charge in [0, 0.05) is 23.9 Å². The van der Waals surface area contributed by atoms with Crippen molar-refractivity contribution in [3.8, 4) is 11.1 Å². The fourth-order valence-electron chi connectivity index (χ4n) is 2.84. The molecule has 0 bridgehead atoms. The van der Waals surface area contributed by atoms with Crippen molar-refractivity contribution in [1.82, 2.24) is 15.1 Å². The quantitative estimate of drug-likeness (QED) is 0.733. The molecule has 4 nitrogen and oxygen atoms in total. The molecule has 0 spiro atoms. The van der Waals surface area contributed by atoms with Gasteiger partial charge in [-0.3, -0.25) is 9.48 Å². The van der Waals surface area contributed by atoms with E-state index in [-0.39, 0.29) is 18.0 Å². The highest BCUT2D eigenvalue weighted by Gasteiger charge is 2.30. The van der Waals surface area contributed by atoms with Crippen LogP contribution in [0.4, 0.5) is 8.78 Å². The van der Waals surface area contributed by atoms with E-state index in [0.717, 1.165) is 34.9 Å². The van der Waals surface area contributed by atoms with Crippen molar-refractivity contribution in [3.63, 3.8) is 0 Å². The summed E-state index contributed by atoms with van der Waals surface area (Å²) in [5.74, 6) is -1.45. The number of amides is 1. The average molecular weight is 369 g/mol. The Morgan fingerprint density at radius 2 is 1.93 bits per heavy atom. The maximum absolute atomic E-state index is 13.7. The minimum Gasteiger partial charge on any atom is -0.350 e. The lowest BCUT2D eigenvalue weighted by Crippen LogP contribution is -2.44.